The summed E-state index contributed by atoms with van der Waals surface area (Å²) in [6, 6.07) is 31.1. The Morgan fingerprint density at radius 1 is 0.735 bits per heavy atom. The predicted molar refractivity (Wildman–Crippen MR) is 133 cm³/mol. The van der Waals surface area contributed by atoms with Gasteiger partial charge in [0.2, 0.25) is 0 Å². The lowest BCUT2D eigenvalue weighted by molar-refractivity contribution is 0.0941. The van der Waals surface area contributed by atoms with Crippen LogP contribution in [0.1, 0.15) is 28.9 Å². The maximum atomic E-state index is 13.0. The fourth-order valence-corrected chi connectivity index (χ4v) is 4.46. The van der Waals surface area contributed by atoms with E-state index in [-0.39, 0.29) is 28.1 Å². The molecule has 2 N–H and O–H groups in total. The Morgan fingerprint density at radius 3 is 1.97 bits per heavy atom. The Kier molecular flexibility index (Phi) is 6.94. The molecule has 0 fully saturated rings. The van der Waals surface area contributed by atoms with Gasteiger partial charge < -0.3 is 10.1 Å². The van der Waals surface area contributed by atoms with Gasteiger partial charge in [-0.05, 0) is 61.0 Å². The molecule has 0 saturated heterocycles. The van der Waals surface area contributed by atoms with E-state index in [9.17, 15) is 13.2 Å². The highest BCUT2D eigenvalue weighted by Crippen LogP contribution is 2.25. The van der Waals surface area contributed by atoms with Gasteiger partial charge >= 0.3 is 0 Å². The number of hydrogen-bond donors (Lipinski definition) is 2. The van der Waals surface area contributed by atoms with Crippen LogP contribution in [-0.2, 0) is 10.0 Å². The number of carbonyl (C=O) groups is 1. The molecule has 6 nitrogen and oxygen atoms in total. The Hall–Kier alpha value is -4.10. The molecule has 0 radical (unpaired) electrons. The fourth-order valence-electron chi connectivity index (χ4n) is 3.38. The highest BCUT2D eigenvalue weighted by Gasteiger charge is 2.20. The summed E-state index contributed by atoms with van der Waals surface area (Å²) in [5.41, 5.74) is 1.38. The van der Waals surface area contributed by atoms with E-state index in [2.05, 4.69) is 10.0 Å². The number of carbonyl (C=O) groups excluding carboxylic acids is 1. The Morgan fingerprint density at radius 2 is 1.29 bits per heavy atom. The summed E-state index contributed by atoms with van der Waals surface area (Å²) in [5.74, 6) is 0.794. The van der Waals surface area contributed by atoms with E-state index in [1.807, 2.05) is 67.6 Å². The second-order valence-corrected chi connectivity index (χ2v) is 9.33. The van der Waals surface area contributed by atoms with Crippen molar-refractivity contribution in [2.24, 2.45) is 0 Å². The number of hydrogen-bond acceptors (Lipinski definition) is 4. The van der Waals surface area contributed by atoms with Crippen molar-refractivity contribution in [3.63, 3.8) is 0 Å². The average molecular weight is 473 g/mol. The molecule has 0 spiro atoms. The van der Waals surface area contributed by atoms with Gasteiger partial charge in [-0.3, -0.25) is 9.52 Å². The van der Waals surface area contributed by atoms with E-state index in [1.54, 1.807) is 36.4 Å². The van der Waals surface area contributed by atoms with E-state index in [0.29, 0.717) is 11.5 Å². The van der Waals surface area contributed by atoms with Gasteiger partial charge in [-0.1, -0.05) is 60.7 Å². The Labute approximate surface area is 199 Å². The zero-order valence-electron chi connectivity index (χ0n) is 18.5. The van der Waals surface area contributed by atoms with E-state index >= 15 is 0 Å². The third-order valence-corrected chi connectivity index (χ3v) is 6.56. The molecule has 4 aromatic rings. The lowest BCUT2D eigenvalue weighted by Crippen LogP contribution is -2.28. The van der Waals surface area contributed by atoms with Gasteiger partial charge in [0.05, 0.1) is 22.2 Å². The molecular weight excluding hydrogens is 448 g/mol. The second kappa shape index (κ2) is 10.2. The van der Waals surface area contributed by atoms with Crippen LogP contribution < -0.4 is 14.8 Å². The summed E-state index contributed by atoms with van der Waals surface area (Å²) in [4.78, 5) is 13.0. The van der Waals surface area contributed by atoms with Crippen LogP contribution in [0, 0.1) is 0 Å². The normalized spacial score (nSPS) is 11.9. The number of para-hydroxylation sites is 2. The minimum absolute atomic E-state index is 0.0563. The number of ether oxygens (including phenoxy) is 1. The van der Waals surface area contributed by atoms with Crippen LogP contribution in [0.15, 0.2) is 114 Å². The molecule has 0 aliphatic carbocycles. The number of rotatable bonds is 8. The number of anilines is 1. The predicted octanol–water partition coefficient (Wildman–Crippen LogP) is 5.77. The zero-order chi connectivity index (χ0) is 24.0. The van der Waals surface area contributed by atoms with Crippen molar-refractivity contribution < 1.29 is 17.9 Å². The highest BCUT2D eigenvalue weighted by atomic mass is 32.2. The number of sulfonamides is 1. The molecule has 0 heterocycles. The molecule has 172 valence electrons. The van der Waals surface area contributed by atoms with Gasteiger partial charge in [0, 0.05) is 0 Å². The lowest BCUT2D eigenvalue weighted by Gasteiger charge is -2.17. The zero-order valence-corrected chi connectivity index (χ0v) is 19.3. The molecule has 0 saturated carbocycles. The topological polar surface area (TPSA) is 84.5 Å². The first-order chi connectivity index (χ1) is 16.4. The van der Waals surface area contributed by atoms with E-state index in [0.717, 1.165) is 5.56 Å². The first-order valence-corrected chi connectivity index (χ1v) is 12.2. The van der Waals surface area contributed by atoms with E-state index < -0.39 is 10.0 Å². The molecule has 4 rings (SSSR count). The minimum Gasteiger partial charge on any atom is -0.457 e. The standard InChI is InChI=1S/C27H24N2O4S/c1-20(21-10-4-2-5-11-21)28-27(30)25-14-8-9-15-26(25)29-34(31,32)24-18-16-23(17-19-24)33-22-12-6-3-7-13-22/h2-20,29H,1H3,(H,28,30). The Bertz CT molecular complexity index is 1360. The first-order valence-electron chi connectivity index (χ1n) is 10.7. The molecule has 7 heteroatoms. The lowest BCUT2D eigenvalue weighted by atomic mass is 10.1. The van der Waals surface area contributed by atoms with Gasteiger partial charge in [-0.2, -0.15) is 0 Å². The first kappa shape index (κ1) is 23.1. The number of amides is 1. The van der Waals surface area contributed by atoms with Crippen LogP contribution in [0.3, 0.4) is 0 Å². The van der Waals surface area contributed by atoms with Gasteiger partial charge in [0.1, 0.15) is 11.5 Å². The smallest absolute Gasteiger partial charge is 0.261 e. The summed E-state index contributed by atoms with van der Waals surface area (Å²) in [6.45, 7) is 1.87. The van der Waals surface area contributed by atoms with Crippen molar-refractivity contribution in [3.05, 3.63) is 120 Å². The summed E-state index contributed by atoms with van der Waals surface area (Å²) in [6.07, 6.45) is 0. The molecule has 0 aromatic heterocycles. The molecule has 1 amide bonds. The maximum absolute atomic E-state index is 13.0. The van der Waals surface area contributed by atoms with Crippen molar-refractivity contribution in [2.45, 2.75) is 17.9 Å². The molecular formula is C27H24N2O4S. The van der Waals surface area contributed by atoms with Crippen LogP contribution >= 0.6 is 0 Å². The van der Waals surface area contributed by atoms with Gasteiger partial charge in [-0.25, -0.2) is 8.42 Å². The maximum Gasteiger partial charge on any atom is 0.261 e. The molecule has 0 bridgehead atoms. The Balaban J connectivity index is 1.49. The third-order valence-electron chi connectivity index (χ3n) is 5.18. The molecule has 34 heavy (non-hydrogen) atoms. The van der Waals surface area contributed by atoms with Crippen molar-refractivity contribution in [1.29, 1.82) is 0 Å². The summed E-state index contributed by atoms with van der Waals surface area (Å²) >= 11 is 0. The second-order valence-electron chi connectivity index (χ2n) is 7.64. The molecule has 4 aromatic carbocycles. The van der Waals surface area contributed by atoms with E-state index in [4.69, 9.17) is 4.74 Å². The molecule has 0 aliphatic heterocycles. The number of benzene rings is 4. The van der Waals surface area contributed by atoms with Crippen molar-refractivity contribution in [1.82, 2.24) is 5.32 Å². The van der Waals surface area contributed by atoms with Crippen LogP contribution in [0.4, 0.5) is 5.69 Å². The molecule has 1 unspecified atom stereocenters. The molecule has 0 aliphatic rings. The van der Waals surface area contributed by atoms with Crippen LogP contribution in [-0.4, -0.2) is 14.3 Å². The third kappa shape index (κ3) is 5.63. The van der Waals surface area contributed by atoms with Gasteiger partial charge in [0.25, 0.3) is 15.9 Å². The molecule has 1 atom stereocenters. The monoisotopic (exact) mass is 472 g/mol. The van der Waals surface area contributed by atoms with Crippen molar-refractivity contribution in [3.8, 4) is 11.5 Å². The quantitative estimate of drug-likeness (QED) is 0.341. The van der Waals surface area contributed by atoms with Crippen LogP contribution in [0.25, 0.3) is 0 Å². The fraction of sp³-hybridized carbons (Fsp3) is 0.0741. The summed E-state index contributed by atoms with van der Waals surface area (Å²) in [7, 11) is -3.93. The van der Waals surface area contributed by atoms with Gasteiger partial charge in [0.15, 0.2) is 0 Å². The summed E-state index contributed by atoms with van der Waals surface area (Å²) < 4.78 is 34.3. The average Bonchev–Trinajstić information content (AvgIpc) is 2.85. The van der Waals surface area contributed by atoms with Crippen LogP contribution in [0.5, 0.6) is 11.5 Å². The minimum atomic E-state index is -3.93. The summed E-state index contributed by atoms with van der Waals surface area (Å²) in [5, 5.41) is 2.92. The van der Waals surface area contributed by atoms with Crippen molar-refractivity contribution >= 4 is 21.6 Å². The largest absolute Gasteiger partial charge is 0.457 e. The van der Waals surface area contributed by atoms with Crippen LogP contribution in [0.2, 0.25) is 0 Å². The van der Waals surface area contributed by atoms with Gasteiger partial charge in [-0.15, -0.1) is 0 Å². The van der Waals surface area contributed by atoms with E-state index in [1.165, 1.54) is 12.1 Å². The van der Waals surface area contributed by atoms with Crippen molar-refractivity contribution in [2.75, 3.05) is 4.72 Å². The SMILES string of the molecule is CC(NC(=O)c1ccccc1NS(=O)(=O)c1ccc(Oc2ccccc2)cc1)c1ccccc1. The highest BCUT2D eigenvalue weighted by molar-refractivity contribution is 7.92. The number of nitrogens with one attached hydrogen (secondary N) is 2.